The molecule has 4 unspecified atom stereocenters. The molecule has 4 fully saturated rings. The fourth-order valence-electron chi connectivity index (χ4n) is 8.17. The molecule has 4 atom stereocenters. The molecule has 0 radical (unpaired) electrons. The Bertz CT molecular complexity index is 778. The molecule has 6 rings (SSSR count). The Labute approximate surface area is 183 Å². The van der Waals surface area contributed by atoms with Crippen molar-refractivity contribution in [2.75, 3.05) is 0 Å². The van der Waals surface area contributed by atoms with E-state index in [1.54, 1.807) is 22.3 Å². The Hall–Kier alpha value is -1.56. The van der Waals surface area contributed by atoms with Crippen LogP contribution in [0.15, 0.2) is 48.5 Å². The minimum atomic E-state index is 0.786. The van der Waals surface area contributed by atoms with E-state index in [1.165, 1.54) is 77.0 Å². The molecule has 0 heteroatoms. The summed E-state index contributed by atoms with van der Waals surface area (Å²) in [6.07, 6.45) is 17.6. The zero-order chi connectivity index (χ0) is 19.9. The van der Waals surface area contributed by atoms with E-state index in [0.29, 0.717) is 0 Å². The number of rotatable bonds is 3. The summed E-state index contributed by atoms with van der Waals surface area (Å²) in [5, 5.41) is 0. The molecule has 4 saturated carbocycles. The minimum absolute atomic E-state index is 0.786. The Morgan fingerprint density at radius 2 is 0.767 bits per heavy atom. The maximum atomic E-state index is 2.47. The molecule has 4 aliphatic carbocycles. The van der Waals surface area contributed by atoms with Crippen LogP contribution in [0.3, 0.4) is 0 Å². The van der Waals surface area contributed by atoms with Crippen molar-refractivity contribution in [1.29, 1.82) is 0 Å². The van der Waals surface area contributed by atoms with Crippen molar-refractivity contribution in [3.8, 4) is 11.1 Å². The van der Waals surface area contributed by atoms with Gasteiger partial charge < -0.3 is 0 Å². The highest BCUT2D eigenvalue weighted by Crippen LogP contribution is 2.53. The summed E-state index contributed by atoms with van der Waals surface area (Å²) in [6.45, 7) is 0. The molecule has 0 nitrogen and oxygen atoms in total. The topological polar surface area (TPSA) is 0 Å². The second-order valence-corrected chi connectivity index (χ2v) is 11.1. The molecule has 0 N–H and O–H groups in total. The van der Waals surface area contributed by atoms with Gasteiger partial charge in [0.15, 0.2) is 0 Å². The van der Waals surface area contributed by atoms with Gasteiger partial charge in [-0.15, -0.1) is 0 Å². The van der Waals surface area contributed by atoms with Crippen LogP contribution in [0.4, 0.5) is 0 Å². The predicted octanol–water partition coefficient (Wildman–Crippen LogP) is 8.72. The number of hydrogen-bond donors (Lipinski definition) is 0. The number of benzene rings is 2. The van der Waals surface area contributed by atoms with Crippen molar-refractivity contribution in [2.24, 2.45) is 23.7 Å². The lowest BCUT2D eigenvalue weighted by atomic mass is 9.82. The molecule has 0 spiro atoms. The fourth-order valence-corrected chi connectivity index (χ4v) is 8.17. The van der Waals surface area contributed by atoms with Crippen molar-refractivity contribution in [3.63, 3.8) is 0 Å². The molecule has 0 heterocycles. The summed E-state index contributed by atoms with van der Waals surface area (Å²) >= 11 is 0. The van der Waals surface area contributed by atoms with Crippen molar-refractivity contribution in [2.45, 2.75) is 88.9 Å². The molecule has 4 aliphatic rings. The quantitative estimate of drug-likeness (QED) is 0.485. The largest absolute Gasteiger partial charge is 0.0619 e. The lowest BCUT2D eigenvalue weighted by Gasteiger charge is -2.24. The molecule has 158 valence electrons. The third-order valence-corrected chi connectivity index (χ3v) is 9.57. The van der Waals surface area contributed by atoms with Crippen LogP contribution >= 0.6 is 0 Å². The highest BCUT2D eigenvalue weighted by molar-refractivity contribution is 5.72. The average molecular weight is 399 g/mol. The van der Waals surface area contributed by atoms with E-state index in [4.69, 9.17) is 0 Å². The molecule has 0 aromatic heterocycles. The SMILES string of the molecule is c1ccc(C2CC3CCCCC3C2)c(-c2ccccc2C2CC3CCCCC3C2)c1. The summed E-state index contributed by atoms with van der Waals surface area (Å²) in [6, 6.07) is 19.0. The van der Waals surface area contributed by atoms with Crippen LogP contribution in [0.25, 0.3) is 11.1 Å². The van der Waals surface area contributed by atoms with E-state index in [2.05, 4.69) is 48.5 Å². The van der Waals surface area contributed by atoms with Crippen molar-refractivity contribution >= 4 is 0 Å². The van der Waals surface area contributed by atoms with Crippen LogP contribution in [0.5, 0.6) is 0 Å². The van der Waals surface area contributed by atoms with E-state index >= 15 is 0 Å². The molecule has 0 bridgehead atoms. The standard InChI is InChI=1S/C30H38/c1-2-10-22-18-25(17-21(22)9-1)27-13-5-7-15-29(27)30-16-8-6-14-28(30)26-19-23-11-3-4-12-24(23)20-26/h5-8,13-16,21-26H,1-4,9-12,17-20H2. The first kappa shape index (κ1) is 19.1. The minimum Gasteiger partial charge on any atom is -0.0619 e. The predicted molar refractivity (Wildman–Crippen MR) is 127 cm³/mol. The summed E-state index contributed by atoms with van der Waals surface area (Å²) in [7, 11) is 0. The first-order chi connectivity index (χ1) is 14.9. The van der Waals surface area contributed by atoms with Gasteiger partial charge in [-0.05, 0) is 83.4 Å². The van der Waals surface area contributed by atoms with Gasteiger partial charge in [-0.2, -0.15) is 0 Å². The Balaban J connectivity index is 1.33. The van der Waals surface area contributed by atoms with Crippen LogP contribution in [0.2, 0.25) is 0 Å². The molecule has 0 aliphatic heterocycles. The molecular weight excluding hydrogens is 360 g/mol. The van der Waals surface area contributed by atoms with Gasteiger partial charge in [0, 0.05) is 0 Å². The molecule has 0 saturated heterocycles. The molecule has 30 heavy (non-hydrogen) atoms. The molecule has 2 aromatic rings. The van der Waals surface area contributed by atoms with Gasteiger partial charge in [0.25, 0.3) is 0 Å². The normalized spacial score (nSPS) is 35.7. The van der Waals surface area contributed by atoms with E-state index in [0.717, 1.165) is 35.5 Å². The van der Waals surface area contributed by atoms with Crippen LogP contribution in [-0.2, 0) is 0 Å². The lowest BCUT2D eigenvalue weighted by Crippen LogP contribution is -2.12. The molecule has 2 aromatic carbocycles. The van der Waals surface area contributed by atoms with E-state index in [-0.39, 0.29) is 0 Å². The van der Waals surface area contributed by atoms with Gasteiger partial charge in [0.2, 0.25) is 0 Å². The van der Waals surface area contributed by atoms with Gasteiger partial charge in [-0.3, -0.25) is 0 Å². The zero-order valence-corrected chi connectivity index (χ0v) is 18.6. The molecular formula is C30H38. The van der Waals surface area contributed by atoms with E-state index in [9.17, 15) is 0 Å². The Morgan fingerprint density at radius 3 is 1.13 bits per heavy atom. The first-order valence-corrected chi connectivity index (χ1v) is 13.0. The summed E-state index contributed by atoms with van der Waals surface area (Å²) in [4.78, 5) is 0. The Morgan fingerprint density at radius 1 is 0.433 bits per heavy atom. The van der Waals surface area contributed by atoms with Crippen molar-refractivity contribution in [3.05, 3.63) is 59.7 Å². The van der Waals surface area contributed by atoms with Crippen LogP contribution in [-0.4, -0.2) is 0 Å². The summed E-state index contributed by atoms with van der Waals surface area (Å²) in [5.74, 6) is 5.59. The maximum Gasteiger partial charge on any atom is -0.0146 e. The summed E-state index contributed by atoms with van der Waals surface area (Å²) in [5.41, 5.74) is 6.45. The summed E-state index contributed by atoms with van der Waals surface area (Å²) < 4.78 is 0. The maximum absolute atomic E-state index is 2.47. The van der Waals surface area contributed by atoms with Crippen LogP contribution in [0.1, 0.15) is 100 Å². The van der Waals surface area contributed by atoms with Crippen LogP contribution in [0, 0.1) is 23.7 Å². The zero-order valence-electron chi connectivity index (χ0n) is 18.6. The van der Waals surface area contributed by atoms with Crippen LogP contribution < -0.4 is 0 Å². The lowest BCUT2D eigenvalue weighted by molar-refractivity contribution is 0.277. The smallest absolute Gasteiger partial charge is 0.0146 e. The fraction of sp³-hybridized carbons (Fsp3) is 0.600. The Kier molecular flexibility index (Phi) is 5.22. The van der Waals surface area contributed by atoms with Gasteiger partial charge in [-0.1, -0.05) is 99.9 Å². The second-order valence-electron chi connectivity index (χ2n) is 11.1. The molecule has 0 amide bonds. The van der Waals surface area contributed by atoms with Gasteiger partial charge >= 0.3 is 0 Å². The van der Waals surface area contributed by atoms with E-state index < -0.39 is 0 Å². The van der Waals surface area contributed by atoms with Gasteiger partial charge in [0.1, 0.15) is 0 Å². The highest BCUT2D eigenvalue weighted by atomic mass is 14.4. The van der Waals surface area contributed by atoms with Gasteiger partial charge in [-0.25, -0.2) is 0 Å². The van der Waals surface area contributed by atoms with Crippen molar-refractivity contribution < 1.29 is 0 Å². The number of hydrogen-bond acceptors (Lipinski definition) is 0. The highest BCUT2D eigenvalue weighted by Gasteiger charge is 2.39. The van der Waals surface area contributed by atoms with E-state index in [1.807, 2.05) is 0 Å². The van der Waals surface area contributed by atoms with Crippen molar-refractivity contribution in [1.82, 2.24) is 0 Å². The first-order valence-electron chi connectivity index (χ1n) is 13.0. The third-order valence-electron chi connectivity index (χ3n) is 9.57. The third kappa shape index (κ3) is 3.45. The monoisotopic (exact) mass is 398 g/mol. The second kappa shape index (κ2) is 8.18. The van der Waals surface area contributed by atoms with Gasteiger partial charge in [0.05, 0.1) is 0 Å². The average Bonchev–Trinajstić information content (AvgIpc) is 3.43. The number of fused-ring (bicyclic) bond motifs is 2.